The summed E-state index contributed by atoms with van der Waals surface area (Å²) in [5.74, 6) is -1.52. The van der Waals surface area contributed by atoms with Gasteiger partial charge in [-0.05, 0) is 50.2 Å². The molecule has 0 amide bonds. The highest BCUT2D eigenvalue weighted by Gasteiger charge is 2.21. The molecular weight excluding hydrogens is 413 g/mol. The molecule has 32 heavy (non-hydrogen) atoms. The lowest BCUT2D eigenvalue weighted by Crippen LogP contribution is -2.24. The highest BCUT2D eigenvalue weighted by molar-refractivity contribution is 6.04. The summed E-state index contributed by atoms with van der Waals surface area (Å²) in [6, 6.07) is 14.2. The van der Waals surface area contributed by atoms with E-state index in [1.54, 1.807) is 49.4 Å². The first kappa shape index (κ1) is 21.2. The van der Waals surface area contributed by atoms with Crippen molar-refractivity contribution in [3.8, 4) is 5.69 Å². The molecule has 162 valence electrons. The fourth-order valence-corrected chi connectivity index (χ4v) is 3.76. The molecule has 0 radical (unpaired) electrons. The fourth-order valence-electron chi connectivity index (χ4n) is 3.76. The van der Waals surface area contributed by atoms with Crippen molar-refractivity contribution in [2.75, 3.05) is 6.61 Å². The number of hydrogen-bond acceptors (Lipinski definition) is 5. The summed E-state index contributed by atoms with van der Waals surface area (Å²) >= 11 is 0. The number of Topliss-reactive ketones (excluding diaryl/α,β-unsaturated/α-hetero) is 1. The molecule has 0 spiro atoms. The molecule has 0 fully saturated rings. The average Bonchev–Trinajstić information content (AvgIpc) is 3.09. The molecule has 0 saturated carbocycles. The lowest BCUT2D eigenvalue weighted by atomic mass is 10.1. The smallest absolute Gasteiger partial charge is 0.359 e. The van der Waals surface area contributed by atoms with Gasteiger partial charge in [-0.15, -0.1) is 0 Å². The Balaban J connectivity index is 1.58. The number of benzene rings is 2. The Morgan fingerprint density at radius 2 is 1.69 bits per heavy atom. The minimum atomic E-state index is -0.794. The van der Waals surface area contributed by atoms with Crippen molar-refractivity contribution >= 4 is 22.5 Å². The summed E-state index contributed by atoms with van der Waals surface area (Å²) < 4.78 is 21.4. The summed E-state index contributed by atoms with van der Waals surface area (Å²) in [6.45, 7) is 3.12. The van der Waals surface area contributed by atoms with E-state index in [1.165, 1.54) is 19.2 Å². The molecule has 0 saturated heterocycles. The molecule has 2 aromatic carbocycles. The molecule has 4 aromatic rings. The molecule has 7 nitrogen and oxygen atoms in total. The SMILES string of the molecule is Cc1cc(C(=O)COC(=O)c2nn(C)c(=O)c3ccccc23)c(C)n1-c1ccc(F)cc1. The highest BCUT2D eigenvalue weighted by atomic mass is 19.1. The second-order valence-corrected chi connectivity index (χ2v) is 7.42. The van der Waals surface area contributed by atoms with E-state index < -0.39 is 12.6 Å². The second-order valence-electron chi connectivity index (χ2n) is 7.42. The number of aromatic nitrogens is 3. The van der Waals surface area contributed by atoms with Crippen LogP contribution in [0.5, 0.6) is 0 Å². The van der Waals surface area contributed by atoms with Gasteiger partial charge in [-0.1, -0.05) is 18.2 Å². The molecule has 0 bridgehead atoms. The maximum Gasteiger partial charge on any atom is 0.359 e. The van der Waals surface area contributed by atoms with Crippen molar-refractivity contribution in [2.24, 2.45) is 7.05 Å². The number of esters is 1. The van der Waals surface area contributed by atoms with Crippen LogP contribution in [-0.4, -0.2) is 32.7 Å². The lowest BCUT2D eigenvalue weighted by molar-refractivity contribution is 0.0468. The molecule has 0 unspecified atom stereocenters. The number of ketones is 1. The van der Waals surface area contributed by atoms with E-state index in [2.05, 4.69) is 5.10 Å². The van der Waals surface area contributed by atoms with Crippen LogP contribution in [0.25, 0.3) is 16.5 Å². The normalized spacial score (nSPS) is 11.0. The van der Waals surface area contributed by atoms with Gasteiger partial charge in [-0.2, -0.15) is 5.10 Å². The monoisotopic (exact) mass is 433 g/mol. The number of hydrogen-bond donors (Lipinski definition) is 0. The maximum absolute atomic E-state index is 13.3. The molecule has 2 heterocycles. The van der Waals surface area contributed by atoms with Crippen LogP contribution >= 0.6 is 0 Å². The number of ether oxygens (including phenoxy) is 1. The van der Waals surface area contributed by atoms with E-state index in [0.29, 0.717) is 22.0 Å². The first-order valence-electron chi connectivity index (χ1n) is 9.89. The molecular formula is C24H20FN3O4. The predicted octanol–water partition coefficient (Wildman–Crippen LogP) is 3.52. The van der Waals surface area contributed by atoms with Crippen molar-refractivity contribution in [2.45, 2.75) is 13.8 Å². The zero-order valence-corrected chi connectivity index (χ0v) is 17.8. The van der Waals surface area contributed by atoms with Crippen LogP contribution < -0.4 is 5.56 Å². The number of aryl methyl sites for hydroxylation is 2. The molecule has 0 aliphatic rings. The number of halogens is 1. The van der Waals surface area contributed by atoms with Crippen LogP contribution in [0.3, 0.4) is 0 Å². The van der Waals surface area contributed by atoms with E-state index in [-0.39, 0.29) is 22.9 Å². The van der Waals surface area contributed by atoms with E-state index in [1.807, 2.05) is 11.5 Å². The van der Waals surface area contributed by atoms with Gasteiger partial charge in [-0.25, -0.2) is 13.9 Å². The fraction of sp³-hybridized carbons (Fsp3) is 0.167. The first-order chi connectivity index (χ1) is 15.3. The van der Waals surface area contributed by atoms with Crippen molar-refractivity contribution in [3.63, 3.8) is 0 Å². The quantitative estimate of drug-likeness (QED) is 0.355. The summed E-state index contributed by atoms with van der Waals surface area (Å²) in [7, 11) is 1.45. The van der Waals surface area contributed by atoms with E-state index in [9.17, 15) is 18.8 Å². The predicted molar refractivity (Wildman–Crippen MR) is 117 cm³/mol. The van der Waals surface area contributed by atoms with Gasteiger partial charge in [0.15, 0.2) is 12.3 Å². The summed E-state index contributed by atoms with van der Waals surface area (Å²) in [5.41, 5.74) is 2.19. The van der Waals surface area contributed by atoms with Gasteiger partial charge >= 0.3 is 5.97 Å². The Bertz CT molecular complexity index is 1420. The van der Waals surface area contributed by atoms with Crippen molar-refractivity contribution in [1.29, 1.82) is 0 Å². The second kappa shape index (κ2) is 8.22. The van der Waals surface area contributed by atoms with Gasteiger partial charge in [0.1, 0.15) is 5.82 Å². The van der Waals surface area contributed by atoms with E-state index in [0.717, 1.165) is 16.1 Å². The van der Waals surface area contributed by atoms with E-state index >= 15 is 0 Å². The van der Waals surface area contributed by atoms with Crippen LogP contribution in [0.4, 0.5) is 4.39 Å². The molecule has 0 N–H and O–H groups in total. The molecule has 2 aromatic heterocycles. The van der Waals surface area contributed by atoms with Crippen LogP contribution in [0.15, 0.2) is 59.4 Å². The maximum atomic E-state index is 13.3. The van der Waals surface area contributed by atoms with Gasteiger partial charge in [0, 0.05) is 35.1 Å². The van der Waals surface area contributed by atoms with Crippen molar-refractivity contribution in [3.05, 3.63) is 93.4 Å². The molecule has 0 aliphatic carbocycles. The van der Waals surface area contributed by atoms with Crippen LogP contribution in [-0.2, 0) is 11.8 Å². The third-order valence-corrected chi connectivity index (χ3v) is 5.30. The Kier molecular flexibility index (Phi) is 5.44. The minimum absolute atomic E-state index is 0.0349. The number of carbonyl (C=O) groups excluding carboxylic acids is 2. The van der Waals surface area contributed by atoms with Crippen molar-refractivity contribution < 1.29 is 18.7 Å². The van der Waals surface area contributed by atoms with Gasteiger partial charge in [0.05, 0.1) is 5.39 Å². The van der Waals surface area contributed by atoms with Gasteiger partial charge in [0.25, 0.3) is 5.56 Å². The number of fused-ring (bicyclic) bond motifs is 1. The Morgan fingerprint density at radius 1 is 1.03 bits per heavy atom. The van der Waals surface area contributed by atoms with Crippen LogP contribution in [0, 0.1) is 19.7 Å². The largest absolute Gasteiger partial charge is 0.452 e. The number of nitrogens with zero attached hydrogens (tertiary/aromatic N) is 3. The topological polar surface area (TPSA) is 83.2 Å². The van der Waals surface area contributed by atoms with Gasteiger partial charge in [0.2, 0.25) is 5.78 Å². The van der Waals surface area contributed by atoms with E-state index in [4.69, 9.17) is 4.74 Å². The number of rotatable bonds is 5. The first-order valence-corrected chi connectivity index (χ1v) is 9.89. The van der Waals surface area contributed by atoms with Crippen molar-refractivity contribution in [1.82, 2.24) is 14.3 Å². The summed E-state index contributed by atoms with van der Waals surface area (Å²) in [5, 5.41) is 4.72. The lowest BCUT2D eigenvalue weighted by Gasteiger charge is -2.10. The Morgan fingerprint density at radius 3 is 2.38 bits per heavy atom. The zero-order valence-electron chi connectivity index (χ0n) is 17.8. The molecule has 8 heteroatoms. The minimum Gasteiger partial charge on any atom is -0.452 e. The van der Waals surface area contributed by atoms with Crippen LogP contribution in [0.2, 0.25) is 0 Å². The third kappa shape index (κ3) is 3.71. The standard InChI is InChI=1S/C24H20FN3O4/c1-14-12-20(15(2)28(14)17-10-8-16(25)9-11-17)21(29)13-32-24(31)22-18-6-4-5-7-19(18)23(30)27(3)26-22/h4-12H,13H2,1-3H3. The number of carbonyl (C=O) groups is 2. The Hall–Kier alpha value is -4.07. The average molecular weight is 433 g/mol. The molecule has 0 atom stereocenters. The third-order valence-electron chi connectivity index (χ3n) is 5.30. The summed E-state index contributed by atoms with van der Waals surface area (Å²) in [4.78, 5) is 37.7. The molecule has 4 rings (SSSR count). The Labute approximate surface area is 182 Å². The zero-order chi connectivity index (χ0) is 23.0. The van der Waals surface area contributed by atoms with Crippen LogP contribution in [0.1, 0.15) is 32.2 Å². The van der Waals surface area contributed by atoms with Gasteiger partial charge in [-0.3, -0.25) is 9.59 Å². The van der Waals surface area contributed by atoms with Gasteiger partial charge < -0.3 is 9.30 Å². The highest BCUT2D eigenvalue weighted by Crippen LogP contribution is 2.22. The molecule has 0 aliphatic heterocycles. The summed E-state index contributed by atoms with van der Waals surface area (Å²) in [6.07, 6.45) is 0.